The standard InChI is InChI=1S/C15H14BrNO2S/c16-14-7-6-13(20-14)15(19)17(11-4-5-11)9-10-2-1-3-12(18)8-10/h1-3,6-8,11,18H,4-5,9H2. The van der Waals surface area contributed by atoms with Gasteiger partial charge in [0, 0.05) is 12.6 Å². The van der Waals surface area contributed by atoms with E-state index in [1.165, 1.54) is 11.3 Å². The van der Waals surface area contributed by atoms with Gasteiger partial charge < -0.3 is 10.0 Å². The molecule has 1 fully saturated rings. The van der Waals surface area contributed by atoms with Crippen LogP contribution in [0.1, 0.15) is 28.1 Å². The molecule has 0 unspecified atom stereocenters. The van der Waals surface area contributed by atoms with Crippen molar-refractivity contribution in [3.63, 3.8) is 0 Å². The Bertz CT molecular complexity index is 636. The number of benzene rings is 1. The number of halogens is 1. The van der Waals surface area contributed by atoms with Crippen molar-refractivity contribution in [2.75, 3.05) is 0 Å². The highest BCUT2D eigenvalue weighted by molar-refractivity contribution is 9.11. The van der Waals surface area contributed by atoms with Crippen molar-refractivity contribution in [3.8, 4) is 5.75 Å². The van der Waals surface area contributed by atoms with E-state index in [0.717, 1.165) is 27.1 Å². The maximum Gasteiger partial charge on any atom is 0.264 e. The summed E-state index contributed by atoms with van der Waals surface area (Å²) in [6.45, 7) is 0.549. The van der Waals surface area contributed by atoms with Gasteiger partial charge >= 0.3 is 0 Å². The summed E-state index contributed by atoms with van der Waals surface area (Å²) in [5.41, 5.74) is 0.959. The number of thiophene rings is 1. The van der Waals surface area contributed by atoms with Gasteiger partial charge in [-0.3, -0.25) is 4.79 Å². The molecule has 0 spiro atoms. The molecule has 1 aromatic heterocycles. The zero-order valence-electron chi connectivity index (χ0n) is 10.8. The zero-order chi connectivity index (χ0) is 14.1. The normalized spacial score (nSPS) is 14.2. The third-order valence-corrected chi connectivity index (χ3v) is 4.91. The number of amides is 1. The molecule has 1 amide bonds. The Kier molecular flexibility index (Phi) is 3.81. The lowest BCUT2D eigenvalue weighted by molar-refractivity contribution is 0.0734. The molecular weight excluding hydrogens is 338 g/mol. The lowest BCUT2D eigenvalue weighted by atomic mass is 10.2. The SMILES string of the molecule is O=C(c1ccc(Br)s1)N(Cc1cccc(O)c1)C1CC1. The first-order valence-corrected chi connectivity index (χ1v) is 8.08. The van der Waals surface area contributed by atoms with Gasteiger partial charge in [-0.2, -0.15) is 0 Å². The van der Waals surface area contributed by atoms with Crippen LogP contribution < -0.4 is 0 Å². The number of phenols is 1. The first-order valence-electron chi connectivity index (χ1n) is 6.48. The van der Waals surface area contributed by atoms with Crippen molar-refractivity contribution in [2.24, 2.45) is 0 Å². The number of phenolic OH excluding ortho intramolecular Hbond substituents is 1. The highest BCUT2D eigenvalue weighted by atomic mass is 79.9. The van der Waals surface area contributed by atoms with E-state index in [0.29, 0.717) is 12.6 Å². The van der Waals surface area contributed by atoms with Crippen molar-refractivity contribution in [2.45, 2.75) is 25.4 Å². The van der Waals surface area contributed by atoms with Crippen LogP contribution in [0, 0.1) is 0 Å². The summed E-state index contributed by atoms with van der Waals surface area (Å²) in [5.74, 6) is 0.316. The Labute approximate surface area is 130 Å². The minimum Gasteiger partial charge on any atom is -0.508 e. The van der Waals surface area contributed by atoms with Crippen LogP contribution in [0.4, 0.5) is 0 Å². The first kappa shape index (κ1) is 13.6. The molecule has 1 saturated carbocycles. The fourth-order valence-corrected chi connectivity index (χ4v) is 3.52. The average molecular weight is 352 g/mol. The molecule has 0 atom stereocenters. The van der Waals surface area contributed by atoms with Gasteiger partial charge in [-0.05, 0) is 58.6 Å². The van der Waals surface area contributed by atoms with Crippen LogP contribution in [0.2, 0.25) is 0 Å². The molecule has 5 heteroatoms. The predicted octanol–water partition coefficient (Wildman–Crippen LogP) is 4.02. The Morgan fingerprint density at radius 3 is 2.75 bits per heavy atom. The number of hydrogen-bond acceptors (Lipinski definition) is 3. The maximum atomic E-state index is 12.6. The smallest absolute Gasteiger partial charge is 0.264 e. The molecule has 3 nitrogen and oxygen atoms in total. The van der Waals surface area contributed by atoms with E-state index in [4.69, 9.17) is 0 Å². The summed E-state index contributed by atoms with van der Waals surface area (Å²) in [4.78, 5) is 15.2. The Morgan fingerprint density at radius 2 is 2.15 bits per heavy atom. The highest BCUT2D eigenvalue weighted by Gasteiger charge is 2.33. The summed E-state index contributed by atoms with van der Waals surface area (Å²) >= 11 is 4.85. The molecule has 0 bridgehead atoms. The van der Waals surface area contributed by atoms with Crippen molar-refractivity contribution < 1.29 is 9.90 Å². The molecule has 104 valence electrons. The van der Waals surface area contributed by atoms with Crippen molar-refractivity contribution in [1.29, 1.82) is 0 Å². The molecule has 0 saturated heterocycles. The summed E-state index contributed by atoms with van der Waals surface area (Å²) < 4.78 is 0.967. The van der Waals surface area contributed by atoms with Crippen LogP contribution >= 0.6 is 27.3 Å². The van der Waals surface area contributed by atoms with E-state index in [9.17, 15) is 9.90 Å². The van der Waals surface area contributed by atoms with E-state index >= 15 is 0 Å². The van der Waals surface area contributed by atoms with Crippen molar-refractivity contribution in [3.05, 3.63) is 50.6 Å². The fraction of sp³-hybridized carbons (Fsp3) is 0.267. The number of carbonyl (C=O) groups is 1. The van der Waals surface area contributed by atoms with Gasteiger partial charge in [0.1, 0.15) is 5.75 Å². The van der Waals surface area contributed by atoms with Gasteiger partial charge in [-0.15, -0.1) is 11.3 Å². The predicted molar refractivity (Wildman–Crippen MR) is 83.0 cm³/mol. The summed E-state index contributed by atoms with van der Waals surface area (Å²) in [6, 6.07) is 11.2. The van der Waals surface area contributed by atoms with Gasteiger partial charge in [-0.1, -0.05) is 12.1 Å². The van der Waals surface area contributed by atoms with Crippen LogP contribution in [0.15, 0.2) is 40.2 Å². The van der Waals surface area contributed by atoms with Gasteiger partial charge in [0.25, 0.3) is 5.91 Å². The molecule has 1 aromatic carbocycles. The molecule has 3 rings (SSSR count). The van der Waals surface area contributed by atoms with Crippen LogP contribution in [0.5, 0.6) is 5.75 Å². The van der Waals surface area contributed by atoms with E-state index < -0.39 is 0 Å². The Balaban J connectivity index is 1.81. The first-order chi connectivity index (χ1) is 9.63. The van der Waals surface area contributed by atoms with E-state index in [-0.39, 0.29) is 11.7 Å². The van der Waals surface area contributed by atoms with E-state index in [1.54, 1.807) is 12.1 Å². The fourth-order valence-electron chi connectivity index (χ4n) is 2.18. The van der Waals surface area contributed by atoms with E-state index in [2.05, 4.69) is 15.9 Å². The molecule has 0 aliphatic heterocycles. The lowest BCUT2D eigenvalue weighted by Gasteiger charge is -2.22. The number of carbonyl (C=O) groups excluding carboxylic acids is 1. The third-order valence-electron chi connectivity index (χ3n) is 3.30. The highest BCUT2D eigenvalue weighted by Crippen LogP contribution is 2.32. The molecule has 1 aliphatic carbocycles. The number of hydrogen-bond donors (Lipinski definition) is 1. The maximum absolute atomic E-state index is 12.6. The molecular formula is C15H14BrNO2S. The summed E-state index contributed by atoms with van der Waals surface area (Å²) in [6.07, 6.45) is 2.13. The molecule has 2 aromatic rings. The van der Waals surface area contributed by atoms with Crippen molar-refractivity contribution >= 4 is 33.2 Å². The van der Waals surface area contributed by atoms with Crippen molar-refractivity contribution in [1.82, 2.24) is 4.90 Å². The second kappa shape index (κ2) is 5.58. The number of nitrogens with zero attached hydrogens (tertiary/aromatic N) is 1. The third kappa shape index (κ3) is 3.04. The van der Waals surface area contributed by atoms with Crippen LogP contribution in [0.25, 0.3) is 0 Å². The quantitative estimate of drug-likeness (QED) is 0.903. The topological polar surface area (TPSA) is 40.5 Å². The second-order valence-electron chi connectivity index (χ2n) is 4.94. The summed E-state index contributed by atoms with van der Waals surface area (Å²) in [7, 11) is 0. The second-order valence-corrected chi connectivity index (χ2v) is 7.40. The minimum atomic E-state index is 0.0755. The lowest BCUT2D eigenvalue weighted by Crippen LogP contribution is -2.32. The molecule has 1 aliphatic rings. The molecule has 0 radical (unpaired) electrons. The van der Waals surface area contributed by atoms with Gasteiger partial charge in [0.15, 0.2) is 0 Å². The van der Waals surface area contributed by atoms with E-state index in [1.807, 2.05) is 29.2 Å². The van der Waals surface area contributed by atoms with Crippen LogP contribution in [-0.2, 0) is 6.54 Å². The minimum absolute atomic E-state index is 0.0755. The number of aromatic hydroxyl groups is 1. The van der Waals surface area contributed by atoms with Crippen LogP contribution in [-0.4, -0.2) is 22.0 Å². The summed E-state index contributed by atoms with van der Waals surface area (Å²) in [5, 5.41) is 9.53. The molecule has 1 heterocycles. The van der Waals surface area contributed by atoms with Gasteiger partial charge in [-0.25, -0.2) is 0 Å². The Hall–Kier alpha value is -1.33. The zero-order valence-corrected chi connectivity index (χ0v) is 13.2. The van der Waals surface area contributed by atoms with Gasteiger partial charge in [0.05, 0.1) is 8.66 Å². The molecule has 1 N–H and O–H groups in total. The largest absolute Gasteiger partial charge is 0.508 e. The van der Waals surface area contributed by atoms with Crippen LogP contribution in [0.3, 0.4) is 0 Å². The van der Waals surface area contributed by atoms with Gasteiger partial charge in [0.2, 0.25) is 0 Å². The monoisotopic (exact) mass is 351 g/mol. The Morgan fingerprint density at radius 1 is 1.35 bits per heavy atom. The average Bonchev–Trinajstić information content (AvgIpc) is 3.17. The molecule has 20 heavy (non-hydrogen) atoms. The number of rotatable bonds is 4.